The van der Waals surface area contributed by atoms with Crippen LogP contribution in [0.25, 0.3) is 22.4 Å². The maximum atomic E-state index is 13.4. The molecule has 0 unspecified atom stereocenters. The standard InChI is InChI=1S/C22H18FN5/c23-18-8-6-17(7-9-18)21-20(16-10-12-24-13-11-16)22-26-27(14-15-28(22)25-21)19-4-2-1-3-5-19/h1-13,26H,14-15H2. The Balaban J connectivity index is 1.65. The number of nitrogens with one attached hydrogen (secondary N) is 1. The van der Waals surface area contributed by atoms with Crippen LogP contribution in [-0.4, -0.2) is 21.3 Å². The lowest BCUT2D eigenvalue weighted by Gasteiger charge is -2.31. The van der Waals surface area contributed by atoms with E-state index in [4.69, 9.17) is 5.10 Å². The van der Waals surface area contributed by atoms with Crippen molar-refractivity contribution in [3.63, 3.8) is 0 Å². The first-order valence-corrected chi connectivity index (χ1v) is 9.16. The number of rotatable bonds is 3. The van der Waals surface area contributed by atoms with Gasteiger partial charge in [-0.15, -0.1) is 0 Å². The number of nitrogens with zero attached hydrogens (tertiary/aromatic N) is 4. The van der Waals surface area contributed by atoms with Gasteiger partial charge in [0.05, 0.1) is 24.3 Å². The summed E-state index contributed by atoms with van der Waals surface area (Å²) in [5.41, 5.74) is 8.31. The van der Waals surface area contributed by atoms with Gasteiger partial charge in [0.25, 0.3) is 0 Å². The van der Waals surface area contributed by atoms with E-state index in [0.717, 1.165) is 47.0 Å². The summed E-state index contributed by atoms with van der Waals surface area (Å²) in [6.45, 7) is 1.54. The maximum absolute atomic E-state index is 13.4. The molecule has 0 bridgehead atoms. The Bertz CT molecular complexity index is 1090. The summed E-state index contributed by atoms with van der Waals surface area (Å²) < 4.78 is 15.4. The molecule has 5 nitrogen and oxygen atoms in total. The van der Waals surface area contributed by atoms with E-state index in [2.05, 4.69) is 27.6 Å². The van der Waals surface area contributed by atoms with E-state index in [1.807, 2.05) is 35.0 Å². The number of benzene rings is 2. The van der Waals surface area contributed by atoms with E-state index in [0.29, 0.717) is 0 Å². The molecule has 5 rings (SSSR count). The molecular weight excluding hydrogens is 353 g/mol. The molecule has 1 N–H and O–H groups in total. The van der Waals surface area contributed by atoms with Crippen LogP contribution >= 0.6 is 0 Å². The highest BCUT2D eigenvalue weighted by Gasteiger charge is 2.25. The molecule has 1 aliphatic heterocycles. The smallest absolute Gasteiger partial charge is 0.151 e. The van der Waals surface area contributed by atoms with E-state index < -0.39 is 0 Å². The summed E-state index contributed by atoms with van der Waals surface area (Å²) in [5, 5.41) is 6.96. The molecule has 0 fully saturated rings. The zero-order chi connectivity index (χ0) is 18.9. The summed E-state index contributed by atoms with van der Waals surface area (Å²) >= 11 is 0. The average molecular weight is 371 g/mol. The topological polar surface area (TPSA) is 46.0 Å². The van der Waals surface area contributed by atoms with Crippen molar-refractivity contribution in [2.24, 2.45) is 0 Å². The molecule has 0 aliphatic carbocycles. The Morgan fingerprint density at radius 2 is 1.57 bits per heavy atom. The third-order valence-electron chi connectivity index (χ3n) is 4.88. The SMILES string of the molecule is Fc1ccc(-c2nn3c(c2-c2ccncc2)NN(c2ccccc2)CC3)cc1. The van der Waals surface area contributed by atoms with Crippen LogP contribution in [0.5, 0.6) is 0 Å². The molecule has 138 valence electrons. The fourth-order valence-corrected chi connectivity index (χ4v) is 3.52. The molecule has 0 saturated carbocycles. The van der Waals surface area contributed by atoms with Crippen molar-refractivity contribution < 1.29 is 4.39 Å². The first-order chi connectivity index (χ1) is 13.8. The largest absolute Gasteiger partial charge is 0.285 e. The summed E-state index contributed by atoms with van der Waals surface area (Å²) in [7, 11) is 0. The number of pyridine rings is 1. The average Bonchev–Trinajstić information content (AvgIpc) is 3.14. The lowest BCUT2D eigenvalue weighted by Crippen LogP contribution is -2.38. The Morgan fingerprint density at radius 3 is 2.32 bits per heavy atom. The third-order valence-corrected chi connectivity index (χ3v) is 4.88. The van der Waals surface area contributed by atoms with Gasteiger partial charge in [0.2, 0.25) is 0 Å². The maximum Gasteiger partial charge on any atom is 0.151 e. The van der Waals surface area contributed by atoms with Gasteiger partial charge >= 0.3 is 0 Å². The minimum atomic E-state index is -0.258. The van der Waals surface area contributed by atoms with Crippen molar-refractivity contribution in [1.82, 2.24) is 14.8 Å². The Hall–Kier alpha value is -3.67. The Kier molecular flexibility index (Phi) is 4.01. The van der Waals surface area contributed by atoms with Gasteiger partial charge in [0.1, 0.15) is 11.5 Å². The van der Waals surface area contributed by atoms with Gasteiger partial charge in [-0.3, -0.25) is 15.4 Å². The number of fused-ring (bicyclic) bond motifs is 1. The molecule has 2 aromatic carbocycles. The van der Waals surface area contributed by atoms with Gasteiger partial charge < -0.3 is 0 Å². The van der Waals surface area contributed by atoms with Gasteiger partial charge in [-0.2, -0.15) is 5.10 Å². The number of para-hydroxylation sites is 1. The van der Waals surface area contributed by atoms with Crippen molar-refractivity contribution in [1.29, 1.82) is 0 Å². The molecule has 3 heterocycles. The van der Waals surface area contributed by atoms with Crippen molar-refractivity contribution in [2.45, 2.75) is 6.54 Å². The predicted octanol–water partition coefficient (Wildman–Crippen LogP) is 4.60. The fourth-order valence-electron chi connectivity index (χ4n) is 3.52. The van der Waals surface area contributed by atoms with Crippen LogP contribution in [0.2, 0.25) is 0 Å². The lowest BCUT2D eigenvalue weighted by molar-refractivity contribution is 0.583. The highest BCUT2D eigenvalue weighted by Crippen LogP contribution is 2.39. The molecule has 6 heteroatoms. The molecule has 28 heavy (non-hydrogen) atoms. The molecule has 0 amide bonds. The zero-order valence-corrected chi connectivity index (χ0v) is 15.1. The molecule has 0 radical (unpaired) electrons. The van der Waals surface area contributed by atoms with Gasteiger partial charge in [-0.1, -0.05) is 18.2 Å². The van der Waals surface area contributed by atoms with Crippen LogP contribution in [0.4, 0.5) is 15.9 Å². The van der Waals surface area contributed by atoms with E-state index in [9.17, 15) is 4.39 Å². The minimum absolute atomic E-state index is 0.258. The van der Waals surface area contributed by atoms with Crippen molar-refractivity contribution >= 4 is 11.5 Å². The molecular formula is C22H18FN5. The van der Waals surface area contributed by atoms with Crippen LogP contribution in [0.15, 0.2) is 79.1 Å². The third kappa shape index (κ3) is 2.89. The molecule has 2 aromatic heterocycles. The first-order valence-electron chi connectivity index (χ1n) is 9.16. The summed E-state index contributed by atoms with van der Waals surface area (Å²) in [6.07, 6.45) is 3.54. The molecule has 0 spiro atoms. The molecule has 4 aromatic rings. The highest BCUT2D eigenvalue weighted by molar-refractivity contribution is 5.89. The lowest BCUT2D eigenvalue weighted by atomic mass is 10.0. The number of hydrogen-bond acceptors (Lipinski definition) is 4. The van der Waals surface area contributed by atoms with Gasteiger partial charge in [-0.25, -0.2) is 9.07 Å². The van der Waals surface area contributed by atoms with Crippen molar-refractivity contribution in [3.8, 4) is 22.4 Å². The van der Waals surface area contributed by atoms with Gasteiger partial charge in [-0.05, 0) is 54.1 Å². The van der Waals surface area contributed by atoms with E-state index >= 15 is 0 Å². The minimum Gasteiger partial charge on any atom is -0.285 e. The van der Waals surface area contributed by atoms with Crippen LogP contribution in [0.1, 0.15) is 0 Å². The molecule has 0 saturated heterocycles. The number of anilines is 2. The van der Waals surface area contributed by atoms with Gasteiger partial charge in [0, 0.05) is 18.0 Å². The van der Waals surface area contributed by atoms with Crippen LogP contribution in [0.3, 0.4) is 0 Å². The highest BCUT2D eigenvalue weighted by atomic mass is 19.1. The first kappa shape index (κ1) is 16.5. The van der Waals surface area contributed by atoms with Crippen LogP contribution < -0.4 is 10.4 Å². The fraction of sp³-hybridized carbons (Fsp3) is 0.0909. The number of hydrazine groups is 1. The van der Waals surface area contributed by atoms with Crippen LogP contribution in [-0.2, 0) is 6.54 Å². The normalized spacial score (nSPS) is 13.1. The Labute approximate surface area is 162 Å². The second-order valence-electron chi connectivity index (χ2n) is 6.64. The summed E-state index contributed by atoms with van der Waals surface area (Å²) in [6, 6.07) is 20.6. The van der Waals surface area contributed by atoms with E-state index in [-0.39, 0.29) is 5.82 Å². The zero-order valence-electron chi connectivity index (χ0n) is 15.1. The van der Waals surface area contributed by atoms with E-state index in [1.165, 1.54) is 12.1 Å². The van der Waals surface area contributed by atoms with E-state index in [1.54, 1.807) is 24.5 Å². The van der Waals surface area contributed by atoms with Gasteiger partial charge in [0.15, 0.2) is 5.82 Å². The molecule has 1 aliphatic rings. The predicted molar refractivity (Wildman–Crippen MR) is 108 cm³/mol. The number of aromatic nitrogens is 3. The second-order valence-corrected chi connectivity index (χ2v) is 6.64. The Morgan fingerprint density at radius 1 is 0.821 bits per heavy atom. The number of hydrogen-bond donors (Lipinski definition) is 1. The van der Waals surface area contributed by atoms with Crippen molar-refractivity contribution in [3.05, 3.63) is 84.9 Å². The van der Waals surface area contributed by atoms with Crippen molar-refractivity contribution in [2.75, 3.05) is 17.0 Å². The van der Waals surface area contributed by atoms with Crippen LogP contribution in [0, 0.1) is 5.82 Å². The monoisotopic (exact) mass is 371 g/mol. The second kappa shape index (κ2) is 6.81. The quantitative estimate of drug-likeness (QED) is 0.572. The summed E-state index contributed by atoms with van der Waals surface area (Å²) in [4.78, 5) is 4.14. The summed E-state index contributed by atoms with van der Waals surface area (Å²) in [5.74, 6) is 0.659. The number of halogens is 1. The molecule has 0 atom stereocenters.